The quantitative estimate of drug-likeness (QED) is 0.706. The van der Waals surface area contributed by atoms with Crippen molar-refractivity contribution in [1.29, 1.82) is 0 Å². The summed E-state index contributed by atoms with van der Waals surface area (Å²) in [7, 11) is 1.75. The van der Waals surface area contributed by atoms with E-state index >= 15 is 0 Å². The number of aromatic amines is 1. The molecule has 3 aromatic heterocycles. The van der Waals surface area contributed by atoms with Gasteiger partial charge in [-0.25, -0.2) is 4.98 Å². The molecule has 0 aromatic carbocycles. The molecule has 27 heavy (non-hydrogen) atoms. The van der Waals surface area contributed by atoms with E-state index in [0.29, 0.717) is 53.8 Å². The zero-order valence-electron chi connectivity index (χ0n) is 14.6. The summed E-state index contributed by atoms with van der Waals surface area (Å²) < 4.78 is 1.58. The second kappa shape index (κ2) is 6.99. The van der Waals surface area contributed by atoms with E-state index in [0.717, 1.165) is 0 Å². The number of aryl methyl sites for hydroxylation is 1. The number of carbonyl (C=O) groups excluding carboxylic acids is 1. The summed E-state index contributed by atoms with van der Waals surface area (Å²) in [5.41, 5.74) is 0.333. The van der Waals surface area contributed by atoms with E-state index in [9.17, 15) is 9.59 Å². The van der Waals surface area contributed by atoms with E-state index in [-0.39, 0.29) is 17.4 Å². The van der Waals surface area contributed by atoms with Crippen LogP contribution in [0.2, 0.25) is 5.02 Å². The largest absolute Gasteiger partial charge is 0.342 e. The molecule has 1 aliphatic rings. The van der Waals surface area contributed by atoms with Crippen molar-refractivity contribution in [3.8, 4) is 0 Å². The van der Waals surface area contributed by atoms with Gasteiger partial charge in [-0.15, -0.1) is 0 Å². The van der Waals surface area contributed by atoms with E-state index in [1.807, 2.05) is 4.90 Å². The van der Waals surface area contributed by atoms with Gasteiger partial charge in [0.1, 0.15) is 11.2 Å². The molecular weight excluding hydrogens is 370 g/mol. The highest BCUT2D eigenvalue weighted by molar-refractivity contribution is 6.30. The Bertz CT molecular complexity index is 1040. The summed E-state index contributed by atoms with van der Waals surface area (Å²) >= 11 is 5.80. The van der Waals surface area contributed by atoms with Gasteiger partial charge in [0.05, 0.1) is 11.2 Å². The fraction of sp³-hybridized carbons (Fsp3) is 0.353. The highest BCUT2D eigenvalue weighted by atomic mass is 35.5. The molecule has 0 atom stereocenters. The average molecular weight is 388 g/mol. The molecule has 2 N–H and O–H groups in total. The van der Waals surface area contributed by atoms with E-state index in [4.69, 9.17) is 11.6 Å². The van der Waals surface area contributed by atoms with Crippen LogP contribution in [0.15, 0.2) is 29.3 Å². The van der Waals surface area contributed by atoms with Crippen LogP contribution in [-0.4, -0.2) is 43.7 Å². The standard InChI is InChI=1S/C17H18ClN7O2/c1-24-14-12(9-20-24)16(27)23-17(22-14)25-6-4-10(5-7-25)15(26)21-13-3-2-11(18)8-19-13/h2-3,8-10H,4-7H2,1H3,(H,19,21,26)(H,22,23,27). The molecule has 4 heterocycles. The molecule has 4 rings (SSSR count). The minimum absolute atomic E-state index is 0.0620. The summed E-state index contributed by atoms with van der Waals surface area (Å²) in [6.07, 6.45) is 4.32. The predicted octanol–water partition coefficient (Wildman–Crippen LogP) is 1.56. The molecule has 0 radical (unpaired) electrons. The number of carbonyl (C=O) groups is 1. The zero-order valence-corrected chi connectivity index (χ0v) is 15.4. The first kappa shape index (κ1) is 17.5. The first-order valence-corrected chi connectivity index (χ1v) is 8.98. The van der Waals surface area contributed by atoms with Crippen LogP contribution in [-0.2, 0) is 11.8 Å². The molecule has 1 saturated heterocycles. The van der Waals surface area contributed by atoms with Crippen molar-refractivity contribution in [1.82, 2.24) is 24.7 Å². The molecule has 1 fully saturated rings. The molecule has 0 bridgehead atoms. The molecule has 0 unspecified atom stereocenters. The molecular formula is C17H18ClN7O2. The fourth-order valence-electron chi connectivity index (χ4n) is 3.20. The lowest BCUT2D eigenvalue weighted by Gasteiger charge is -2.31. The summed E-state index contributed by atoms with van der Waals surface area (Å²) in [4.78, 5) is 38.0. The second-order valence-corrected chi connectivity index (χ2v) is 6.94. The van der Waals surface area contributed by atoms with Gasteiger partial charge in [0.25, 0.3) is 5.56 Å². The Balaban J connectivity index is 1.43. The molecule has 0 saturated carbocycles. The topological polar surface area (TPSA) is 109 Å². The average Bonchev–Trinajstić information content (AvgIpc) is 3.05. The molecule has 1 aliphatic heterocycles. The Morgan fingerprint density at radius 1 is 1.30 bits per heavy atom. The monoisotopic (exact) mass is 387 g/mol. The normalized spacial score (nSPS) is 15.3. The number of nitrogens with one attached hydrogen (secondary N) is 2. The Morgan fingerprint density at radius 3 is 2.78 bits per heavy atom. The number of H-pyrrole nitrogens is 1. The van der Waals surface area contributed by atoms with Gasteiger partial charge in [0, 0.05) is 32.3 Å². The minimum Gasteiger partial charge on any atom is -0.342 e. The van der Waals surface area contributed by atoms with Crippen LogP contribution in [0.4, 0.5) is 11.8 Å². The third-order valence-electron chi connectivity index (χ3n) is 4.73. The van der Waals surface area contributed by atoms with Gasteiger partial charge in [0.15, 0.2) is 5.65 Å². The van der Waals surface area contributed by atoms with Crippen LogP contribution in [0.25, 0.3) is 11.0 Å². The van der Waals surface area contributed by atoms with E-state index < -0.39 is 0 Å². The van der Waals surface area contributed by atoms with Crippen LogP contribution < -0.4 is 15.8 Å². The Hall–Kier alpha value is -2.94. The number of nitrogens with zero attached hydrogens (tertiary/aromatic N) is 5. The molecule has 9 nitrogen and oxygen atoms in total. The number of pyridine rings is 1. The lowest BCUT2D eigenvalue weighted by Crippen LogP contribution is -2.39. The Morgan fingerprint density at radius 2 is 2.07 bits per heavy atom. The van der Waals surface area contributed by atoms with E-state index in [1.54, 1.807) is 23.9 Å². The number of hydrogen-bond donors (Lipinski definition) is 2. The Labute approximate surface area is 159 Å². The Kier molecular flexibility index (Phi) is 4.53. The molecule has 0 aliphatic carbocycles. The predicted molar refractivity (Wildman–Crippen MR) is 102 cm³/mol. The maximum Gasteiger partial charge on any atom is 0.263 e. The zero-order chi connectivity index (χ0) is 19.0. The fourth-order valence-corrected chi connectivity index (χ4v) is 3.31. The van der Waals surface area contributed by atoms with Crippen LogP contribution in [0.1, 0.15) is 12.8 Å². The van der Waals surface area contributed by atoms with Gasteiger partial charge in [-0.1, -0.05) is 11.6 Å². The van der Waals surface area contributed by atoms with Crippen LogP contribution in [0.3, 0.4) is 0 Å². The number of amides is 1. The number of aromatic nitrogens is 5. The van der Waals surface area contributed by atoms with Crippen molar-refractivity contribution in [3.63, 3.8) is 0 Å². The lowest BCUT2D eigenvalue weighted by atomic mass is 9.96. The number of fused-ring (bicyclic) bond motifs is 1. The van der Waals surface area contributed by atoms with Crippen molar-refractivity contribution >= 4 is 40.3 Å². The van der Waals surface area contributed by atoms with Crippen LogP contribution >= 0.6 is 11.6 Å². The first-order valence-electron chi connectivity index (χ1n) is 8.60. The number of halogens is 1. The lowest BCUT2D eigenvalue weighted by molar-refractivity contribution is -0.120. The molecule has 10 heteroatoms. The molecule has 1 amide bonds. The SMILES string of the molecule is Cn1ncc2c(=O)[nH]c(N3CCC(C(=O)Nc4ccc(Cl)cn4)CC3)nc21. The van der Waals surface area contributed by atoms with Crippen molar-refractivity contribution in [2.45, 2.75) is 12.8 Å². The highest BCUT2D eigenvalue weighted by Crippen LogP contribution is 2.22. The third-order valence-corrected chi connectivity index (χ3v) is 4.96. The van der Waals surface area contributed by atoms with Gasteiger partial charge in [-0.3, -0.25) is 19.3 Å². The van der Waals surface area contributed by atoms with Crippen molar-refractivity contribution in [2.24, 2.45) is 13.0 Å². The smallest absolute Gasteiger partial charge is 0.263 e. The minimum atomic E-state index is -0.211. The maximum atomic E-state index is 12.4. The summed E-state index contributed by atoms with van der Waals surface area (Å²) in [6, 6.07) is 3.36. The van der Waals surface area contributed by atoms with Gasteiger partial charge >= 0.3 is 0 Å². The van der Waals surface area contributed by atoms with Crippen molar-refractivity contribution in [2.75, 3.05) is 23.3 Å². The second-order valence-electron chi connectivity index (χ2n) is 6.51. The van der Waals surface area contributed by atoms with Gasteiger partial charge < -0.3 is 10.2 Å². The van der Waals surface area contributed by atoms with E-state index in [2.05, 4.69) is 25.4 Å². The highest BCUT2D eigenvalue weighted by Gasteiger charge is 2.26. The van der Waals surface area contributed by atoms with Crippen LogP contribution in [0, 0.1) is 5.92 Å². The van der Waals surface area contributed by atoms with E-state index in [1.165, 1.54) is 12.4 Å². The summed E-state index contributed by atoms with van der Waals surface area (Å²) in [5.74, 6) is 0.813. The summed E-state index contributed by atoms with van der Waals surface area (Å²) in [5, 5.41) is 7.88. The first-order chi connectivity index (χ1) is 13.0. The van der Waals surface area contributed by atoms with Crippen molar-refractivity contribution < 1.29 is 4.79 Å². The van der Waals surface area contributed by atoms with Crippen molar-refractivity contribution in [3.05, 3.63) is 39.9 Å². The van der Waals surface area contributed by atoms with Gasteiger partial charge in [-0.05, 0) is 25.0 Å². The summed E-state index contributed by atoms with van der Waals surface area (Å²) in [6.45, 7) is 1.25. The molecule has 3 aromatic rings. The molecule has 0 spiro atoms. The van der Waals surface area contributed by atoms with Crippen LogP contribution in [0.5, 0.6) is 0 Å². The number of hydrogen-bond acceptors (Lipinski definition) is 6. The third kappa shape index (κ3) is 3.50. The van der Waals surface area contributed by atoms with Gasteiger partial charge in [-0.2, -0.15) is 10.1 Å². The number of rotatable bonds is 3. The number of piperidine rings is 1. The van der Waals surface area contributed by atoms with Gasteiger partial charge in [0.2, 0.25) is 11.9 Å². The molecule has 140 valence electrons. The maximum absolute atomic E-state index is 12.4. The number of anilines is 2.